The van der Waals surface area contributed by atoms with Crippen molar-refractivity contribution in [2.24, 2.45) is 0 Å². The summed E-state index contributed by atoms with van der Waals surface area (Å²) >= 11 is 0. The van der Waals surface area contributed by atoms with Crippen molar-refractivity contribution in [3.63, 3.8) is 0 Å². The highest BCUT2D eigenvalue weighted by Gasteiger charge is 2.18. The Balaban J connectivity index is 3.88. The maximum Gasteiger partial charge on any atom is 0.323 e. The van der Waals surface area contributed by atoms with Crippen molar-refractivity contribution in [1.82, 2.24) is 10.6 Å². The molecule has 0 fully saturated rings. The van der Waals surface area contributed by atoms with Gasteiger partial charge in [0.15, 0.2) is 0 Å². The van der Waals surface area contributed by atoms with E-state index in [0.29, 0.717) is 6.61 Å². The first-order valence-electron chi connectivity index (χ1n) is 8.52. The smallest absolute Gasteiger partial charge is 0.323 e. The van der Waals surface area contributed by atoms with Crippen molar-refractivity contribution < 1.29 is 19.1 Å². The minimum absolute atomic E-state index is 0.108. The van der Waals surface area contributed by atoms with Gasteiger partial charge in [-0.2, -0.15) is 0 Å². The fraction of sp³-hybridized carbons (Fsp3) is 0.882. The zero-order valence-electron chi connectivity index (χ0n) is 15.6. The lowest BCUT2D eigenvalue weighted by atomic mass is 10.1. The van der Waals surface area contributed by atoms with E-state index in [4.69, 9.17) is 9.47 Å². The van der Waals surface area contributed by atoms with Gasteiger partial charge in [-0.1, -0.05) is 13.8 Å². The fourth-order valence-corrected chi connectivity index (χ4v) is 2.17. The standard InChI is InChI=1S/C17H34N2O4/c1-11(2)18-14(6)16(20)22-10-8-9-13(5)19-15(7)17(21)23-12(3)4/h11-15,18-19H,8-10H2,1-7H3/t13?,14?,15-/m0/s1. The lowest BCUT2D eigenvalue weighted by Gasteiger charge is -2.20. The van der Waals surface area contributed by atoms with E-state index in [-0.39, 0.29) is 42.2 Å². The Morgan fingerprint density at radius 1 is 0.870 bits per heavy atom. The van der Waals surface area contributed by atoms with E-state index in [9.17, 15) is 9.59 Å². The number of hydrogen-bond donors (Lipinski definition) is 2. The van der Waals surface area contributed by atoms with Crippen molar-refractivity contribution in [3.05, 3.63) is 0 Å². The molecule has 23 heavy (non-hydrogen) atoms. The molecular formula is C17H34N2O4. The predicted molar refractivity (Wildman–Crippen MR) is 91.2 cm³/mol. The van der Waals surface area contributed by atoms with Crippen LogP contribution in [0.5, 0.6) is 0 Å². The molecule has 0 bridgehead atoms. The molecule has 0 aromatic carbocycles. The van der Waals surface area contributed by atoms with E-state index in [1.165, 1.54) is 0 Å². The number of nitrogens with one attached hydrogen (secondary N) is 2. The zero-order valence-corrected chi connectivity index (χ0v) is 15.6. The molecule has 0 heterocycles. The predicted octanol–water partition coefficient (Wildman–Crippen LogP) is 2.01. The van der Waals surface area contributed by atoms with E-state index in [1.807, 2.05) is 34.6 Å². The van der Waals surface area contributed by atoms with Gasteiger partial charge < -0.3 is 20.1 Å². The average molecular weight is 330 g/mol. The first-order chi connectivity index (χ1) is 10.6. The second-order valence-corrected chi connectivity index (χ2v) is 6.63. The molecule has 6 heteroatoms. The minimum Gasteiger partial charge on any atom is -0.465 e. The average Bonchev–Trinajstić information content (AvgIpc) is 2.41. The third kappa shape index (κ3) is 11.1. The van der Waals surface area contributed by atoms with Crippen LogP contribution in [0, 0.1) is 0 Å². The molecule has 0 aliphatic heterocycles. The Kier molecular flexibility index (Phi) is 10.8. The van der Waals surface area contributed by atoms with Gasteiger partial charge in [0.2, 0.25) is 0 Å². The van der Waals surface area contributed by atoms with Crippen molar-refractivity contribution in [1.29, 1.82) is 0 Å². The Morgan fingerprint density at radius 2 is 1.43 bits per heavy atom. The summed E-state index contributed by atoms with van der Waals surface area (Å²) in [5.74, 6) is -0.472. The SMILES string of the molecule is CC(C)NC(C)C(=O)OCCCC(C)N[C@@H](C)C(=O)OC(C)C. The van der Waals surface area contributed by atoms with Crippen LogP contribution in [0.4, 0.5) is 0 Å². The molecule has 136 valence electrons. The number of carbonyl (C=O) groups excluding carboxylic acids is 2. The molecule has 0 saturated carbocycles. The van der Waals surface area contributed by atoms with Crippen molar-refractivity contribution in [2.75, 3.05) is 6.61 Å². The van der Waals surface area contributed by atoms with Crippen LogP contribution in [0.1, 0.15) is 61.3 Å². The zero-order chi connectivity index (χ0) is 18.0. The molecule has 2 unspecified atom stereocenters. The van der Waals surface area contributed by atoms with Gasteiger partial charge in [0.05, 0.1) is 12.7 Å². The lowest BCUT2D eigenvalue weighted by molar-refractivity contribution is -0.149. The van der Waals surface area contributed by atoms with Gasteiger partial charge in [0.25, 0.3) is 0 Å². The van der Waals surface area contributed by atoms with Crippen LogP contribution in [-0.2, 0) is 19.1 Å². The first kappa shape index (κ1) is 21.9. The topological polar surface area (TPSA) is 76.7 Å². The second-order valence-electron chi connectivity index (χ2n) is 6.63. The molecule has 6 nitrogen and oxygen atoms in total. The summed E-state index contributed by atoms with van der Waals surface area (Å²) in [6.45, 7) is 13.6. The van der Waals surface area contributed by atoms with Crippen LogP contribution < -0.4 is 10.6 Å². The van der Waals surface area contributed by atoms with Crippen LogP contribution in [0.3, 0.4) is 0 Å². The van der Waals surface area contributed by atoms with Crippen LogP contribution in [0.15, 0.2) is 0 Å². The molecule has 0 aliphatic carbocycles. The summed E-state index contributed by atoms with van der Waals surface area (Å²) in [4.78, 5) is 23.4. The van der Waals surface area contributed by atoms with Gasteiger partial charge in [-0.15, -0.1) is 0 Å². The van der Waals surface area contributed by atoms with E-state index in [1.54, 1.807) is 13.8 Å². The van der Waals surface area contributed by atoms with Gasteiger partial charge >= 0.3 is 11.9 Å². The van der Waals surface area contributed by atoms with Gasteiger partial charge in [0, 0.05) is 12.1 Å². The van der Waals surface area contributed by atoms with E-state index in [2.05, 4.69) is 10.6 Å². The van der Waals surface area contributed by atoms with Crippen molar-refractivity contribution in [3.8, 4) is 0 Å². The Morgan fingerprint density at radius 3 is 1.96 bits per heavy atom. The largest absolute Gasteiger partial charge is 0.465 e. The number of rotatable bonds is 11. The normalized spacial score (nSPS) is 15.3. The van der Waals surface area contributed by atoms with E-state index in [0.717, 1.165) is 12.8 Å². The molecule has 2 N–H and O–H groups in total. The molecular weight excluding hydrogens is 296 g/mol. The highest BCUT2D eigenvalue weighted by atomic mass is 16.5. The first-order valence-corrected chi connectivity index (χ1v) is 8.52. The van der Waals surface area contributed by atoms with Gasteiger partial charge in [-0.3, -0.25) is 9.59 Å². The van der Waals surface area contributed by atoms with Crippen LogP contribution in [0.25, 0.3) is 0 Å². The summed E-state index contributed by atoms with van der Waals surface area (Å²) in [5.41, 5.74) is 0. The highest BCUT2D eigenvalue weighted by molar-refractivity contribution is 5.75. The summed E-state index contributed by atoms with van der Waals surface area (Å²) < 4.78 is 10.4. The Hall–Kier alpha value is -1.14. The lowest BCUT2D eigenvalue weighted by Crippen LogP contribution is -2.42. The van der Waals surface area contributed by atoms with Gasteiger partial charge in [0.1, 0.15) is 12.1 Å². The molecule has 0 saturated heterocycles. The van der Waals surface area contributed by atoms with Crippen LogP contribution >= 0.6 is 0 Å². The maximum absolute atomic E-state index is 11.7. The Bertz CT molecular complexity index is 359. The fourth-order valence-electron chi connectivity index (χ4n) is 2.17. The molecule has 0 aromatic rings. The van der Waals surface area contributed by atoms with E-state index < -0.39 is 0 Å². The number of carbonyl (C=O) groups is 2. The number of esters is 2. The molecule has 0 amide bonds. The number of ether oxygens (including phenoxy) is 2. The van der Waals surface area contributed by atoms with Crippen molar-refractivity contribution in [2.45, 2.75) is 91.6 Å². The van der Waals surface area contributed by atoms with Gasteiger partial charge in [-0.25, -0.2) is 0 Å². The van der Waals surface area contributed by atoms with Crippen LogP contribution in [0.2, 0.25) is 0 Å². The monoisotopic (exact) mass is 330 g/mol. The van der Waals surface area contributed by atoms with E-state index >= 15 is 0 Å². The highest BCUT2D eigenvalue weighted by Crippen LogP contribution is 2.02. The molecule has 0 rings (SSSR count). The summed E-state index contributed by atoms with van der Waals surface area (Å²) in [6.07, 6.45) is 1.46. The molecule has 0 aromatic heterocycles. The second kappa shape index (κ2) is 11.4. The third-order valence-electron chi connectivity index (χ3n) is 3.20. The quantitative estimate of drug-likeness (QED) is 0.446. The summed E-state index contributed by atoms with van der Waals surface area (Å²) in [6, 6.07) is -0.245. The number of hydrogen-bond acceptors (Lipinski definition) is 6. The third-order valence-corrected chi connectivity index (χ3v) is 3.20. The summed E-state index contributed by atoms with van der Waals surface area (Å²) in [7, 11) is 0. The molecule has 0 radical (unpaired) electrons. The molecule has 0 spiro atoms. The van der Waals surface area contributed by atoms with Gasteiger partial charge in [-0.05, 0) is 47.5 Å². The molecule has 3 atom stereocenters. The summed E-state index contributed by atoms with van der Waals surface area (Å²) in [5, 5.41) is 6.30. The Labute approximate surface area is 140 Å². The minimum atomic E-state index is -0.342. The van der Waals surface area contributed by atoms with Crippen LogP contribution in [-0.4, -0.2) is 48.8 Å². The van der Waals surface area contributed by atoms with Crippen molar-refractivity contribution >= 4 is 11.9 Å². The maximum atomic E-state index is 11.7. The molecule has 0 aliphatic rings.